The molecule has 1 aliphatic heterocycles. The van der Waals surface area contributed by atoms with Gasteiger partial charge in [-0.25, -0.2) is 12.8 Å². The summed E-state index contributed by atoms with van der Waals surface area (Å²) in [7, 11) is -1.65. The molecule has 12 heteroatoms. The first-order valence-electron chi connectivity index (χ1n) is 13.7. The van der Waals surface area contributed by atoms with Crippen molar-refractivity contribution in [2.24, 2.45) is 5.92 Å². The third kappa shape index (κ3) is 7.09. The molecule has 2 fully saturated rings. The van der Waals surface area contributed by atoms with E-state index in [1.54, 1.807) is 35.2 Å². The maximum Gasteiger partial charge on any atom is 0.416 e. The Morgan fingerprint density at radius 1 is 1.10 bits per heavy atom. The van der Waals surface area contributed by atoms with Crippen LogP contribution in [-0.4, -0.2) is 73.5 Å². The zero-order chi connectivity index (χ0) is 30.1. The predicted molar refractivity (Wildman–Crippen MR) is 145 cm³/mol. The van der Waals surface area contributed by atoms with E-state index in [1.165, 1.54) is 0 Å². The number of nitrogens with one attached hydrogen (secondary N) is 1. The van der Waals surface area contributed by atoms with Gasteiger partial charge in [-0.05, 0) is 82.8 Å². The summed E-state index contributed by atoms with van der Waals surface area (Å²) >= 11 is 0. The molecular formula is C29H35F4N3O4S. The predicted octanol–water partition coefficient (Wildman–Crippen LogP) is 4.53. The Morgan fingerprint density at radius 2 is 1.78 bits per heavy atom. The van der Waals surface area contributed by atoms with Gasteiger partial charge in [0.2, 0.25) is 5.91 Å². The Labute approximate surface area is 237 Å². The fourth-order valence-corrected chi connectivity index (χ4v) is 7.59. The van der Waals surface area contributed by atoms with Gasteiger partial charge >= 0.3 is 6.18 Å². The second-order valence-corrected chi connectivity index (χ2v) is 13.3. The van der Waals surface area contributed by atoms with E-state index >= 15 is 0 Å². The molecule has 2 amide bonds. The van der Waals surface area contributed by atoms with Crippen molar-refractivity contribution in [3.8, 4) is 0 Å². The molecule has 2 aliphatic rings. The lowest BCUT2D eigenvalue weighted by atomic mass is 9.81. The van der Waals surface area contributed by atoms with Crippen LogP contribution in [0.4, 0.5) is 17.6 Å². The van der Waals surface area contributed by atoms with Crippen molar-refractivity contribution in [3.05, 3.63) is 65.5 Å². The number of halogens is 4. The van der Waals surface area contributed by atoms with E-state index < -0.39 is 50.8 Å². The van der Waals surface area contributed by atoms with Gasteiger partial charge in [-0.15, -0.1) is 0 Å². The number of benzene rings is 2. The molecule has 1 aliphatic carbocycles. The zero-order valence-electron chi connectivity index (χ0n) is 23.2. The van der Waals surface area contributed by atoms with Crippen molar-refractivity contribution in [1.29, 1.82) is 0 Å². The molecule has 0 aromatic heterocycles. The first-order valence-corrected chi connectivity index (χ1v) is 15.3. The first kappa shape index (κ1) is 31.0. The van der Waals surface area contributed by atoms with Gasteiger partial charge in [0, 0.05) is 30.2 Å². The lowest BCUT2D eigenvalue weighted by molar-refractivity contribution is -0.138. The molecule has 0 spiro atoms. The minimum absolute atomic E-state index is 0.131. The number of hydrogen-bond acceptors (Lipinski definition) is 5. The number of rotatable bonds is 8. The number of carbonyl (C=O) groups is 2. The quantitative estimate of drug-likeness (QED) is 0.452. The highest BCUT2D eigenvalue weighted by molar-refractivity contribution is 7.91. The minimum atomic E-state index is -4.84. The molecule has 1 N–H and O–H groups in total. The minimum Gasteiger partial charge on any atom is -0.340 e. The third-order valence-electron chi connectivity index (χ3n) is 8.27. The summed E-state index contributed by atoms with van der Waals surface area (Å²) in [5.41, 5.74) is -1.83. The summed E-state index contributed by atoms with van der Waals surface area (Å²) in [5.74, 6) is -3.13. The Balaban J connectivity index is 1.53. The fraction of sp³-hybridized carbons (Fsp3) is 0.517. The van der Waals surface area contributed by atoms with Gasteiger partial charge in [-0.3, -0.25) is 9.59 Å². The molecule has 2 aromatic carbocycles. The van der Waals surface area contributed by atoms with Crippen LogP contribution in [0.25, 0.3) is 0 Å². The number of alkyl halides is 3. The molecule has 7 nitrogen and oxygen atoms in total. The number of carbonyl (C=O) groups excluding carboxylic acids is 2. The second-order valence-electron chi connectivity index (χ2n) is 11.2. The lowest BCUT2D eigenvalue weighted by Crippen LogP contribution is -2.53. The fourth-order valence-electron chi connectivity index (χ4n) is 5.90. The van der Waals surface area contributed by atoms with Crippen molar-refractivity contribution >= 4 is 21.7 Å². The number of sulfone groups is 1. The maximum atomic E-state index is 13.8. The van der Waals surface area contributed by atoms with E-state index in [9.17, 15) is 35.6 Å². The van der Waals surface area contributed by atoms with E-state index in [0.717, 1.165) is 6.42 Å². The molecule has 1 saturated carbocycles. The number of hydrogen-bond donors (Lipinski definition) is 1. The Morgan fingerprint density at radius 3 is 2.41 bits per heavy atom. The Kier molecular flexibility index (Phi) is 9.13. The highest BCUT2D eigenvalue weighted by atomic mass is 32.2. The molecule has 1 heterocycles. The topological polar surface area (TPSA) is 86.8 Å². The summed E-state index contributed by atoms with van der Waals surface area (Å²) in [6.45, 7) is 4.39. The zero-order valence-corrected chi connectivity index (χ0v) is 24.0. The summed E-state index contributed by atoms with van der Waals surface area (Å²) in [6, 6.07) is 8.68. The summed E-state index contributed by atoms with van der Waals surface area (Å²) in [4.78, 5) is 30.2. The SMILES string of the molecule is CC(C)N(C)[C@@H]1CC[C@H](N2CC[C@H](NC(=O)c3cc(F)cc(C(F)(F)F)c3)C2=O)[C@@H](CS(=O)(=O)c2ccccc2)C1. The van der Waals surface area contributed by atoms with Crippen LogP contribution >= 0.6 is 0 Å². The molecule has 224 valence electrons. The summed E-state index contributed by atoms with van der Waals surface area (Å²) < 4.78 is 79.9. The smallest absolute Gasteiger partial charge is 0.340 e. The van der Waals surface area contributed by atoms with E-state index in [2.05, 4.69) is 24.1 Å². The second kappa shape index (κ2) is 12.1. The van der Waals surface area contributed by atoms with Crippen LogP contribution in [0.2, 0.25) is 0 Å². The third-order valence-corrected chi connectivity index (χ3v) is 10.1. The maximum absolute atomic E-state index is 13.8. The molecule has 1 saturated heterocycles. The molecular weight excluding hydrogens is 562 g/mol. The molecule has 0 bridgehead atoms. The molecule has 4 atom stereocenters. The van der Waals surface area contributed by atoms with E-state index in [4.69, 9.17) is 0 Å². The van der Waals surface area contributed by atoms with Crippen LogP contribution in [0, 0.1) is 11.7 Å². The number of amides is 2. The highest BCUT2D eigenvalue weighted by Crippen LogP contribution is 2.36. The molecule has 0 unspecified atom stereocenters. The molecule has 41 heavy (non-hydrogen) atoms. The Hall–Kier alpha value is -2.99. The van der Waals surface area contributed by atoms with Crippen molar-refractivity contribution < 1.29 is 35.6 Å². The average molecular weight is 598 g/mol. The van der Waals surface area contributed by atoms with Crippen LogP contribution in [0.1, 0.15) is 55.5 Å². The average Bonchev–Trinajstić information content (AvgIpc) is 3.26. The van der Waals surface area contributed by atoms with Crippen LogP contribution in [-0.2, 0) is 20.8 Å². The lowest BCUT2D eigenvalue weighted by Gasteiger charge is -2.44. The largest absolute Gasteiger partial charge is 0.416 e. The normalized spacial score (nSPS) is 23.8. The standard InChI is InChI=1S/C29H35F4N3O4S/c1-18(2)35(3)23-9-10-26(20(15-23)17-41(39,40)24-7-5-4-6-8-24)36-12-11-25(28(36)38)34-27(37)19-13-21(29(31,32)33)16-22(30)14-19/h4-8,13-14,16,18,20,23,25-26H,9-12,15,17H2,1-3H3,(H,34,37)/t20-,23-,25+,26+/m1/s1. The van der Waals surface area contributed by atoms with Crippen LogP contribution < -0.4 is 5.32 Å². The monoisotopic (exact) mass is 597 g/mol. The van der Waals surface area contributed by atoms with Crippen molar-refractivity contribution in [2.75, 3.05) is 19.3 Å². The summed E-state index contributed by atoms with van der Waals surface area (Å²) in [6.07, 6.45) is -2.74. The van der Waals surface area contributed by atoms with E-state index in [0.29, 0.717) is 31.0 Å². The van der Waals surface area contributed by atoms with Gasteiger partial charge in [-0.1, -0.05) is 18.2 Å². The van der Waals surface area contributed by atoms with Crippen molar-refractivity contribution in [2.45, 2.75) is 74.8 Å². The van der Waals surface area contributed by atoms with Crippen molar-refractivity contribution in [1.82, 2.24) is 15.1 Å². The van der Waals surface area contributed by atoms with Crippen LogP contribution in [0.15, 0.2) is 53.4 Å². The van der Waals surface area contributed by atoms with Gasteiger partial charge in [-0.2, -0.15) is 13.2 Å². The number of nitrogens with zero attached hydrogens (tertiary/aromatic N) is 2. The van der Waals surface area contributed by atoms with Gasteiger partial charge in [0.05, 0.1) is 16.2 Å². The number of likely N-dealkylation sites (tertiary alicyclic amines) is 1. The first-order chi connectivity index (χ1) is 19.2. The van der Waals surface area contributed by atoms with Crippen molar-refractivity contribution in [3.63, 3.8) is 0 Å². The van der Waals surface area contributed by atoms with Gasteiger partial charge in [0.15, 0.2) is 9.84 Å². The van der Waals surface area contributed by atoms with Gasteiger partial charge in [0.1, 0.15) is 11.9 Å². The van der Waals surface area contributed by atoms with Crippen LogP contribution in [0.3, 0.4) is 0 Å². The van der Waals surface area contributed by atoms with E-state index in [1.807, 2.05) is 7.05 Å². The highest BCUT2D eigenvalue weighted by Gasteiger charge is 2.44. The summed E-state index contributed by atoms with van der Waals surface area (Å²) in [5, 5.41) is 2.46. The van der Waals surface area contributed by atoms with Gasteiger partial charge in [0.25, 0.3) is 5.91 Å². The Bertz CT molecular complexity index is 1370. The van der Waals surface area contributed by atoms with E-state index in [-0.39, 0.29) is 47.7 Å². The molecule has 0 radical (unpaired) electrons. The van der Waals surface area contributed by atoms with Gasteiger partial charge < -0.3 is 15.1 Å². The van der Waals surface area contributed by atoms with Crippen LogP contribution in [0.5, 0.6) is 0 Å². The molecule has 4 rings (SSSR count). The molecule has 2 aromatic rings.